The van der Waals surface area contributed by atoms with Crippen LogP contribution < -0.4 is 4.74 Å². The molecular formula is C13H13ClN4O3. The number of halogens is 1. The van der Waals surface area contributed by atoms with E-state index >= 15 is 0 Å². The minimum atomic E-state index is -1.06. The quantitative estimate of drug-likeness (QED) is 0.673. The number of aromatic nitrogens is 4. The normalized spacial score (nSPS) is 11.2. The molecule has 21 heavy (non-hydrogen) atoms. The molecule has 0 aliphatic heterocycles. The summed E-state index contributed by atoms with van der Waals surface area (Å²) >= 11 is 5.95. The van der Waals surface area contributed by atoms with Gasteiger partial charge in [0.2, 0.25) is 5.88 Å². The van der Waals surface area contributed by atoms with Crippen molar-refractivity contribution in [1.29, 1.82) is 0 Å². The first-order valence-corrected chi connectivity index (χ1v) is 6.48. The number of nitrogens with zero attached hydrogens (tertiary/aromatic N) is 4. The number of ether oxygens (including phenoxy) is 1. The molecular weight excluding hydrogens is 296 g/mol. The van der Waals surface area contributed by atoms with E-state index in [0.29, 0.717) is 17.3 Å². The third-order valence-electron chi connectivity index (χ3n) is 2.26. The fourth-order valence-corrected chi connectivity index (χ4v) is 1.72. The highest BCUT2D eigenvalue weighted by atomic mass is 35.5. The lowest BCUT2D eigenvalue weighted by Crippen LogP contribution is -2.07. The zero-order valence-electron chi connectivity index (χ0n) is 11.4. The van der Waals surface area contributed by atoms with Crippen LogP contribution in [0.25, 0.3) is 17.6 Å². The fraction of sp³-hybridized carbons (Fsp3) is 0.231. The van der Waals surface area contributed by atoms with Crippen LogP contribution >= 0.6 is 11.6 Å². The fourth-order valence-electron chi connectivity index (χ4n) is 1.52. The number of hydrogen-bond acceptors (Lipinski definition) is 5. The zero-order chi connectivity index (χ0) is 15.4. The zero-order valence-corrected chi connectivity index (χ0v) is 12.2. The van der Waals surface area contributed by atoms with Gasteiger partial charge in [-0.2, -0.15) is 0 Å². The molecule has 0 bridgehead atoms. The molecule has 0 aliphatic carbocycles. The highest BCUT2D eigenvalue weighted by Crippen LogP contribution is 2.23. The van der Waals surface area contributed by atoms with Crippen molar-refractivity contribution in [2.75, 3.05) is 0 Å². The summed E-state index contributed by atoms with van der Waals surface area (Å²) in [5.74, 6) is -0.292. The van der Waals surface area contributed by atoms with Gasteiger partial charge in [-0.3, -0.25) is 0 Å². The van der Waals surface area contributed by atoms with Gasteiger partial charge in [-0.15, -0.1) is 5.10 Å². The van der Waals surface area contributed by atoms with Gasteiger partial charge in [0.1, 0.15) is 11.5 Å². The van der Waals surface area contributed by atoms with Crippen molar-refractivity contribution >= 4 is 23.8 Å². The summed E-state index contributed by atoms with van der Waals surface area (Å²) in [5, 5.41) is 13.0. The first kappa shape index (κ1) is 15.0. The molecule has 2 rings (SSSR count). The summed E-state index contributed by atoms with van der Waals surface area (Å²) in [6.07, 6.45) is 3.61. The number of rotatable bonds is 5. The highest BCUT2D eigenvalue weighted by molar-refractivity contribution is 6.29. The number of carboxylic acid groups (broad SMARTS) is 1. The van der Waals surface area contributed by atoms with Crippen molar-refractivity contribution in [2.24, 2.45) is 0 Å². The van der Waals surface area contributed by atoms with Crippen molar-refractivity contribution in [3.8, 4) is 17.3 Å². The van der Waals surface area contributed by atoms with Gasteiger partial charge in [0, 0.05) is 23.9 Å². The molecule has 0 atom stereocenters. The van der Waals surface area contributed by atoms with Crippen LogP contribution in [0.1, 0.15) is 13.8 Å². The van der Waals surface area contributed by atoms with E-state index in [1.165, 1.54) is 17.2 Å². The van der Waals surface area contributed by atoms with Crippen molar-refractivity contribution in [2.45, 2.75) is 20.0 Å². The number of carbonyl (C=O) groups is 1. The molecule has 0 unspecified atom stereocenters. The lowest BCUT2D eigenvalue weighted by atomic mass is 10.2. The van der Waals surface area contributed by atoms with Gasteiger partial charge in [0.15, 0.2) is 5.82 Å². The molecule has 0 radical (unpaired) electrons. The number of pyridine rings is 1. The number of carboxylic acids is 1. The molecule has 0 aliphatic rings. The minimum Gasteiger partial charge on any atom is -0.478 e. The molecule has 0 fully saturated rings. The lowest BCUT2D eigenvalue weighted by Gasteiger charge is -2.09. The Labute approximate surface area is 125 Å². The second-order valence-electron chi connectivity index (χ2n) is 4.39. The van der Waals surface area contributed by atoms with E-state index in [0.717, 1.165) is 6.08 Å². The van der Waals surface area contributed by atoms with Crippen molar-refractivity contribution in [1.82, 2.24) is 19.7 Å². The molecule has 0 aromatic carbocycles. The van der Waals surface area contributed by atoms with Gasteiger partial charge in [-0.1, -0.05) is 11.6 Å². The first-order valence-electron chi connectivity index (χ1n) is 6.11. The molecule has 2 aromatic heterocycles. The van der Waals surface area contributed by atoms with Crippen LogP contribution in [0.4, 0.5) is 0 Å². The molecule has 0 saturated heterocycles. The van der Waals surface area contributed by atoms with Crippen molar-refractivity contribution in [3.05, 3.63) is 29.7 Å². The number of hydrogen-bond donors (Lipinski definition) is 1. The standard InChI is InChI=1S/C13H13ClN4O3/c1-8(2)21-11-6-9(5-10(14)16-11)13-15-7-18(17-13)4-3-12(19)20/h3-8H,1-2H3,(H,19,20). The largest absolute Gasteiger partial charge is 0.478 e. The van der Waals surface area contributed by atoms with Gasteiger partial charge >= 0.3 is 5.97 Å². The molecule has 110 valence electrons. The Kier molecular flexibility index (Phi) is 4.54. The maximum atomic E-state index is 10.5. The van der Waals surface area contributed by atoms with Crippen LogP contribution in [-0.4, -0.2) is 36.9 Å². The summed E-state index contributed by atoms with van der Waals surface area (Å²) in [7, 11) is 0. The molecule has 8 heteroatoms. The van der Waals surface area contributed by atoms with Crippen LogP contribution in [0.15, 0.2) is 24.5 Å². The smallest absolute Gasteiger partial charge is 0.329 e. The van der Waals surface area contributed by atoms with Crippen LogP contribution in [-0.2, 0) is 4.79 Å². The Morgan fingerprint density at radius 2 is 2.24 bits per heavy atom. The molecule has 2 aromatic rings. The molecule has 1 N–H and O–H groups in total. The van der Waals surface area contributed by atoms with E-state index in [-0.39, 0.29) is 11.3 Å². The summed E-state index contributed by atoms with van der Waals surface area (Å²) in [6.45, 7) is 3.76. The Hall–Kier alpha value is -2.41. The van der Waals surface area contributed by atoms with Crippen LogP contribution in [0, 0.1) is 0 Å². The number of aliphatic carboxylic acids is 1. The molecule has 0 amide bonds. The van der Waals surface area contributed by atoms with Crippen LogP contribution in [0.3, 0.4) is 0 Å². The van der Waals surface area contributed by atoms with Gasteiger partial charge in [0.05, 0.1) is 6.10 Å². The first-order chi connectivity index (χ1) is 9.94. The summed E-state index contributed by atoms with van der Waals surface area (Å²) < 4.78 is 6.79. The predicted molar refractivity (Wildman–Crippen MR) is 77.0 cm³/mol. The third kappa shape index (κ3) is 4.28. The predicted octanol–water partition coefficient (Wildman–Crippen LogP) is 2.34. The second kappa shape index (κ2) is 6.36. The van der Waals surface area contributed by atoms with Gasteiger partial charge < -0.3 is 9.84 Å². The monoisotopic (exact) mass is 308 g/mol. The van der Waals surface area contributed by atoms with Gasteiger partial charge in [0.25, 0.3) is 0 Å². The molecule has 0 spiro atoms. The van der Waals surface area contributed by atoms with Crippen molar-refractivity contribution < 1.29 is 14.6 Å². The van der Waals surface area contributed by atoms with E-state index in [1.54, 1.807) is 12.1 Å². The Balaban J connectivity index is 2.29. The van der Waals surface area contributed by atoms with E-state index in [2.05, 4.69) is 15.1 Å². The Morgan fingerprint density at radius 1 is 1.48 bits per heavy atom. The lowest BCUT2D eigenvalue weighted by molar-refractivity contribution is -0.131. The van der Waals surface area contributed by atoms with E-state index < -0.39 is 5.97 Å². The Morgan fingerprint density at radius 3 is 2.90 bits per heavy atom. The summed E-state index contributed by atoms with van der Waals surface area (Å²) in [6, 6.07) is 3.28. The molecule has 0 saturated carbocycles. The SMILES string of the molecule is CC(C)Oc1cc(-c2ncn(C=CC(=O)O)n2)cc(Cl)n1. The van der Waals surface area contributed by atoms with E-state index in [1.807, 2.05) is 13.8 Å². The molecule has 7 nitrogen and oxygen atoms in total. The maximum absolute atomic E-state index is 10.5. The molecule has 2 heterocycles. The van der Waals surface area contributed by atoms with E-state index in [9.17, 15) is 4.79 Å². The topological polar surface area (TPSA) is 90.1 Å². The van der Waals surface area contributed by atoms with Gasteiger partial charge in [-0.05, 0) is 19.9 Å². The van der Waals surface area contributed by atoms with Crippen LogP contribution in [0.2, 0.25) is 5.15 Å². The minimum absolute atomic E-state index is 0.0344. The average Bonchev–Trinajstić information content (AvgIpc) is 2.83. The van der Waals surface area contributed by atoms with Gasteiger partial charge in [-0.25, -0.2) is 19.4 Å². The van der Waals surface area contributed by atoms with Crippen molar-refractivity contribution in [3.63, 3.8) is 0 Å². The summed E-state index contributed by atoms with van der Waals surface area (Å²) in [4.78, 5) is 18.6. The Bertz CT molecular complexity index is 682. The average molecular weight is 309 g/mol. The van der Waals surface area contributed by atoms with E-state index in [4.69, 9.17) is 21.4 Å². The summed E-state index contributed by atoms with van der Waals surface area (Å²) in [5.41, 5.74) is 0.633. The van der Waals surface area contributed by atoms with Crippen LogP contribution in [0.5, 0.6) is 5.88 Å². The maximum Gasteiger partial charge on any atom is 0.329 e. The third-order valence-corrected chi connectivity index (χ3v) is 2.46. The highest BCUT2D eigenvalue weighted by Gasteiger charge is 2.09. The second-order valence-corrected chi connectivity index (χ2v) is 4.77.